The quantitative estimate of drug-likeness (QED) is 0.180. The Morgan fingerprint density at radius 1 is 1.00 bits per heavy atom. The number of nitrogens with zero attached hydrogens (tertiary/aromatic N) is 1. The molecule has 6 atom stereocenters. The Morgan fingerprint density at radius 2 is 1.63 bits per heavy atom. The van der Waals surface area contributed by atoms with Crippen molar-refractivity contribution >= 4 is 34.4 Å². The molecule has 2 saturated heterocycles. The topological polar surface area (TPSA) is 128 Å². The molecular formula is C29H55NO11Si2. The third-order valence-electron chi connectivity index (χ3n) is 8.90. The average Bonchev–Trinajstić information content (AvgIpc) is 2.89. The van der Waals surface area contributed by atoms with E-state index in [0.717, 1.165) is 7.11 Å². The fourth-order valence-electron chi connectivity index (χ4n) is 4.93. The molecule has 2 aliphatic heterocycles. The first-order valence-electron chi connectivity index (χ1n) is 14.9. The van der Waals surface area contributed by atoms with Crippen LogP contribution in [0.2, 0.25) is 43.8 Å². The van der Waals surface area contributed by atoms with E-state index in [0.29, 0.717) is 24.0 Å². The van der Waals surface area contributed by atoms with Gasteiger partial charge in [-0.3, -0.25) is 4.79 Å². The highest BCUT2D eigenvalue weighted by atomic mass is 28.4. The second-order valence-corrected chi connectivity index (χ2v) is 25.1. The summed E-state index contributed by atoms with van der Waals surface area (Å²) in [6, 6.07) is 0.674. The van der Waals surface area contributed by atoms with Crippen LogP contribution in [0.1, 0.15) is 41.0 Å². The molecule has 0 aromatic heterocycles. The number of fused-ring (bicyclic) bond motifs is 1. The molecular weight excluding hydrogens is 594 g/mol. The van der Waals surface area contributed by atoms with Crippen LogP contribution in [-0.4, -0.2) is 117 Å². The molecule has 0 saturated carbocycles. The summed E-state index contributed by atoms with van der Waals surface area (Å²) < 4.78 is 46.8. The number of hydrogen-bond acceptors (Lipinski definition) is 11. The first-order valence-corrected chi connectivity index (χ1v) is 21.5. The number of ether oxygens (including phenoxy) is 7. The van der Waals surface area contributed by atoms with Gasteiger partial charge in [0.2, 0.25) is 0 Å². The molecule has 0 unspecified atom stereocenters. The molecule has 2 aliphatic rings. The molecule has 0 bridgehead atoms. The van der Waals surface area contributed by atoms with Gasteiger partial charge in [-0.1, -0.05) is 54.3 Å². The van der Waals surface area contributed by atoms with Gasteiger partial charge >= 0.3 is 18.0 Å². The van der Waals surface area contributed by atoms with Crippen LogP contribution in [-0.2, 0) is 47.2 Å². The molecule has 0 aliphatic carbocycles. The summed E-state index contributed by atoms with van der Waals surface area (Å²) in [6.45, 7) is 21.6. The molecule has 0 radical (unpaired) electrons. The largest absolute Gasteiger partial charge is 0.462 e. The van der Waals surface area contributed by atoms with Crippen molar-refractivity contribution in [3.8, 4) is 0 Å². The zero-order valence-corrected chi connectivity index (χ0v) is 30.4. The van der Waals surface area contributed by atoms with Crippen LogP contribution in [0, 0.1) is 5.41 Å². The highest BCUT2D eigenvalue weighted by molar-refractivity contribution is 6.76. The van der Waals surface area contributed by atoms with E-state index in [1.54, 1.807) is 14.2 Å². The number of imide groups is 1. The van der Waals surface area contributed by atoms with E-state index in [2.05, 4.69) is 58.2 Å². The summed E-state index contributed by atoms with van der Waals surface area (Å²) in [5.41, 5.74) is -0.583. The van der Waals surface area contributed by atoms with Crippen LogP contribution < -0.4 is 0 Å². The second kappa shape index (κ2) is 14.8. The predicted molar refractivity (Wildman–Crippen MR) is 165 cm³/mol. The Morgan fingerprint density at radius 3 is 2.14 bits per heavy atom. The molecule has 43 heavy (non-hydrogen) atoms. The van der Waals surface area contributed by atoms with Crippen molar-refractivity contribution in [3.63, 3.8) is 0 Å². The standard InChI is InChI=1S/C29H55NO11Si2/c1-28(2,3)43(12,13)40-17-19(34-6)16-20-29(4,5)23(35-7)21-22(41-20)25(39-18-38-21)30(24(31)26(32)36-8)27(33)37-14-15-42(9,10)11/h19-23,25H,14-18H2,1-13H3/t19-,20-,21+,22+,23-,25+/m1/s1. The van der Waals surface area contributed by atoms with Crippen LogP contribution in [0.4, 0.5) is 4.79 Å². The molecule has 2 rings (SSSR count). The van der Waals surface area contributed by atoms with E-state index in [4.69, 9.17) is 32.8 Å². The number of rotatable bonds is 11. The van der Waals surface area contributed by atoms with Crippen LogP contribution >= 0.6 is 0 Å². The van der Waals surface area contributed by atoms with Gasteiger partial charge in [0.25, 0.3) is 0 Å². The van der Waals surface area contributed by atoms with Crippen molar-refractivity contribution < 1.29 is 52.0 Å². The zero-order chi connectivity index (χ0) is 33.0. The Hall–Kier alpha value is -1.40. The van der Waals surface area contributed by atoms with Crippen LogP contribution in [0.5, 0.6) is 0 Å². The summed E-state index contributed by atoms with van der Waals surface area (Å²) in [4.78, 5) is 39.6. The molecule has 250 valence electrons. The van der Waals surface area contributed by atoms with Crippen molar-refractivity contribution in [1.29, 1.82) is 0 Å². The summed E-state index contributed by atoms with van der Waals surface area (Å²) in [7, 11) is 0.679. The molecule has 2 fully saturated rings. The third-order valence-corrected chi connectivity index (χ3v) is 15.1. The Bertz CT molecular complexity index is 963. The molecule has 0 aromatic carbocycles. The molecule has 14 heteroatoms. The van der Waals surface area contributed by atoms with Gasteiger partial charge in [-0.15, -0.1) is 0 Å². The number of methoxy groups -OCH3 is 3. The minimum absolute atomic E-state index is 0.0313. The van der Waals surface area contributed by atoms with Crippen molar-refractivity contribution in [1.82, 2.24) is 4.90 Å². The zero-order valence-electron chi connectivity index (χ0n) is 28.4. The predicted octanol–water partition coefficient (Wildman–Crippen LogP) is 4.40. The van der Waals surface area contributed by atoms with Gasteiger partial charge in [-0.05, 0) is 24.2 Å². The minimum atomic E-state index is -2.04. The maximum Gasteiger partial charge on any atom is 0.419 e. The lowest BCUT2D eigenvalue weighted by Gasteiger charge is -2.55. The molecule has 2 heterocycles. The van der Waals surface area contributed by atoms with Gasteiger partial charge in [-0.2, -0.15) is 0 Å². The van der Waals surface area contributed by atoms with E-state index < -0.39 is 70.4 Å². The number of carbonyl (C=O) groups is 3. The van der Waals surface area contributed by atoms with Crippen molar-refractivity contribution in [2.75, 3.05) is 41.3 Å². The van der Waals surface area contributed by atoms with Gasteiger partial charge in [0.05, 0.1) is 38.6 Å². The van der Waals surface area contributed by atoms with Crippen LogP contribution in [0.3, 0.4) is 0 Å². The van der Waals surface area contributed by atoms with Gasteiger partial charge < -0.3 is 37.6 Å². The highest BCUT2D eigenvalue weighted by Gasteiger charge is 2.58. The first kappa shape index (κ1) is 37.8. The Labute approximate surface area is 259 Å². The van der Waals surface area contributed by atoms with Crippen molar-refractivity contribution in [2.24, 2.45) is 5.41 Å². The molecule has 12 nitrogen and oxygen atoms in total. The molecule has 0 spiro atoms. The summed E-state index contributed by atoms with van der Waals surface area (Å²) in [5.74, 6) is -2.45. The Kier molecular flexibility index (Phi) is 13.0. The first-order chi connectivity index (χ1) is 19.7. The van der Waals surface area contributed by atoms with E-state index >= 15 is 0 Å². The van der Waals surface area contributed by atoms with Gasteiger partial charge in [-0.25, -0.2) is 14.5 Å². The second-order valence-electron chi connectivity index (χ2n) is 14.6. The van der Waals surface area contributed by atoms with Gasteiger partial charge in [0.15, 0.2) is 14.5 Å². The third kappa shape index (κ3) is 9.31. The van der Waals surface area contributed by atoms with Gasteiger partial charge in [0.1, 0.15) is 19.0 Å². The van der Waals surface area contributed by atoms with E-state index in [9.17, 15) is 14.4 Å². The van der Waals surface area contributed by atoms with E-state index in [1.165, 1.54) is 0 Å². The maximum atomic E-state index is 13.4. The maximum absolute atomic E-state index is 13.4. The molecule has 2 amide bonds. The number of hydrogen-bond donors (Lipinski definition) is 0. The highest BCUT2D eigenvalue weighted by Crippen LogP contribution is 2.45. The molecule has 0 aromatic rings. The van der Waals surface area contributed by atoms with Crippen LogP contribution in [0.25, 0.3) is 0 Å². The lowest BCUT2D eigenvalue weighted by molar-refractivity contribution is -0.342. The number of carbonyl (C=O) groups excluding carboxylic acids is 3. The summed E-state index contributed by atoms with van der Waals surface area (Å²) in [5, 5.41) is 0.0313. The van der Waals surface area contributed by atoms with Crippen molar-refractivity contribution in [2.45, 2.75) is 122 Å². The number of amides is 2. The fourth-order valence-corrected chi connectivity index (χ4v) is 6.68. The average molecular weight is 650 g/mol. The van der Waals surface area contributed by atoms with E-state index in [-0.39, 0.29) is 24.5 Å². The summed E-state index contributed by atoms with van der Waals surface area (Å²) in [6.07, 6.45) is -4.94. The Balaban J connectivity index is 2.40. The van der Waals surface area contributed by atoms with Crippen LogP contribution in [0.15, 0.2) is 0 Å². The molecule has 0 N–H and O–H groups in total. The normalized spacial score (nSPS) is 26.7. The lowest BCUT2D eigenvalue weighted by atomic mass is 9.72. The SMILES string of the molecule is COC(=O)C(=O)N(C(=O)OCC[Si](C)(C)C)[C@H]1OCO[C@H]2[C@@H]1O[C@H](C[C@H](CO[Si](C)(C)C(C)(C)C)OC)C(C)(C)[C@@H]2OC. The van der Waals surface area contributed by atoms with Crippen molar-refractivity contribution in [3.05, 3.63) is 0 Å². The summed E-state index contributed by atoms with van der Waals surface area (Å²) >= 11 is 0. The monoisotopic (exact) mass is 649 g/mol. The van der Waals surface area contributed by atoms with E-state index in [1.807, 2.05) is 13.8 Å². The smallest absolute Gasteiger partial charge is 0.419 e. The van der Waals surface area contributed by atoms with Gasteiger partial charge in [0, 0.05) is 34.1 Å². The lowest BCUT2D eigenvalue weighted by Crippen LogP contribution is -2.69. The minimum Gasteiger partial charge on any atom is -0.462 e. The fraction of sp³-hybridized carbons (Fsp3) is 0.897. The number of esters is 1.